The second kappa shape index (κ2) is 6.83. The third-order valence-electron chi connectivity index (χ3n) is 2.98. The van der Waals surface area contributed by atoms with Gasteiger partial charge in [-0.05, 0) is 36.2 Å². The number of aromatic hydroxyl groups is 2. The molecule has 0 atom stereocenters. The van der Waals surface area contributed by atoms with Crippen LogP contribution in [0, 0.1) is 0 Å². The topological polar surface area (TPSA) is 52.8 Å². The molecule has 0 amide bonds. The van der Waals surface area contributed by atoms with Crippen LogP contribution in [0.15, 0.2) is 35.3 Å². The van der Waals surface area contributed by atoms with Crippen molar-refractivity contribution in [2.75, 3.05) is 0 Å². The molecule has 0 aliphatic carbocycles. The summed E-state index contributed by atoms with van der Waals surface area (Å²) < 4.78 is 0. The van der Waals surface area contributed by atoms with Gasteiger partial charge in [0.2, 0.25) is 0 Å². The van der Waals surface area contributed by atoms with Crippen LogP contribution in [-0.2, 0) is 6.42 Å². The molecule has 2 N–H and O–H groups in total. The summed E-state index contributed by atoms with van der Waals surface area (Å²) in [7, 11) is 0. The Labute approximate surface area is 133 Å². The third kappa shape index (κ3) is 3.90. The van der Waals surface area contributed by atoms with E-state index in [2.05, 4.69) is 11.9 Å². The first-order valence-electron chi connectivity index (χ1n) is 6.55. The number of phenols is 2. The van der Waals surface area contributed by atoms with Crippen LogP contribution in [0.3, 0.4) is 0 Å². The van der Waals surface area contributed by atoms with Gasteiger partial charge in [0.1, 0.15) is 17.2 Å². The maximum Gasteiger partial charge on any atom is 0.143 e. The molecule has 0 unspecified atom stereocenters. The molecule has 0 saturated heterocycles. The Morgan fingerprint density at radius 3 is 2.62 bits per heavy atom. The summed E-state index contributed by atoms with van der Waals surface area (Å²) in [6, 6.07) is 8.31. The highest BCUT2D eigenvalue weighted by Crippen LogP contribution is 2.32. The molecular weight excluding hydrogens is 309 g/mol. The van der Waals surface area contributed by atoms with Crippen LogP contribution in [0.5, 0.6) is 11.5 Å². The summed E-state index contributed by atoms with van der Waals surface area (Å²) in [6.07, 6.45) is 3.35. The lowest BCUT2D eigenvalue weighted by atomic mass is 10.1. The zero-order chi connectivity index (χ0) is 15.4. The molecule has 2 aromatic carbocycles. The second-order valence-corrected chi connectivity index (χ2v) is 5.50. The van der Waals surface area contributed by atoms with Crippen LogP contribution in [0.1, 0.15) is 24.5 Å². The van der Waals surface area contributed by atoms with Crippen molar-refractivity contribution >= 4 is 35.1 Å². The van der Waals surface area contributed by atoms with Crippen LogP contribution in [0.4, 0.5) is 5.69 Å². The second-order valence-electron chi connectivity index (χ2n) is 4.66. The normalized spacial score (nSPS) is 11.2. The van der Waals surface area contributed by atoms with Crippen LogP contribution in [-0.4, -0.2) is 16.4 Å². The maximum absolute atomic E-state index is 9.86. The van der Waals surface area contributed by atoms with Gasteiger partial charge in [-0.15, -0.1) is 0 Å². The van der Waals surface area contributed by atoms with E-state index in [9.17, 15) is 10.2 Å². The van der Waals surface area contributed by atoms with Gasteiger partial charge in [0, 0.05) is 16.8 Å². The number of halogens is 2. The Balaban J connectivity index is 2.35. The Kier molecular flexibility index (Phi) is 5.10. The molecule has 0 saturated carbocycles. The van der Waals surface area contributed by atoms with Crippen molar-refractivity contribution in [3.05, 3.63) is 51.5 Å². The number of benzene rings is 2. The van der Waals surface area contributed by atoms with Crippen molar-refractivity contribution in [3.63, 3.8) is 0 Å². The fourth-order valence-corrected chi connectivity index (χ4v) is 2.45. The fourth-order valence-electron chi connectivity index (χ4n) is 1.94. The molecule has 0 heterocycles. The number of aryl methyl sites for hydroxylation is 1. The summed E-state index contributed by atoms with van der Waals surface area (Å²) in [5.41, 5.74) is 1.93. The fraction of sp³-hybridized carbons (Fsp3) is 0.188. The average Bonchev–Trinajstić information content (AvgIpc) is 2.44. The number of aliphatic imine (C=N–C) groups is 1. The summed E-state index contributed by atoms with van der Waals surface area (Å²) in [5, 5.41) is 20.3. The molecule has 2 rings (SSSR count). The Morgan fingerprint density at radius 1 is 1.14 bits per heavy atom. The van der Waals surface area contributed by atoms with Gasteiger partial charge in [0.15, 0.2) is 0 Å². The van der Waals surface area contributed by atoms with Crippen molar-refractivity contribution in [2.45, 2.75) is 19.8 Å². The number of phenolic OH excluding ortho intramolecular Hbond substituents is 2. The van der Waals surface area contributed by atoms with Gasteiger partial charge in [-0.2, -0.15) is 0 Å². The first-order chi connectivity index (χ1) is 10.0. The number of hydrogen-bond donors (Lipinski definition) is 2. The lowest BCUT2D eigenvalue weighted by molar-refractivity contribution is 0.474. The van der Waals surface area contributed by atoms with E-state index in [-0.39, 0.29) is 16.5 Å². The van der Waals surface area contributed by atoms with Gasteiger partial charge >= 0.3 is 0 Å². The largest absolute Gasteiger partial charge is 0.506 e. The lowest BCUT2D eigenvalue weighted by Crippen LogP contribution is -1.85. The molecule has 5 heteroatoms. The minimum atomic E-state index is -0.0889. The molecule has 0 aliphatic heterocycles. The third-order valence-corrected chi connectivity index (χ3v) is 3.49. The lowest BCUT2D eigenvalue weighted by Gasteiger charge is -2.04. The minimum absolute atomic E-state index is 0.0821. The zero-order valence-electron chi connectivity index (χ0n) is 11.5. The first kappa shape index (κ1) is 15.7. The molecule has 0 aliphatic rings. The highest BCUT2D eigenvalue weighted by Gasteiger charge is 2.07. The van der Waals surface area contributed by atoms with Crippen molar-refractivity contribution < 1.29 is 10.2 Å². The number of rotatable bonds is 4. The van der Waals surface area contributed by atoms with Gasteiger partial charge in [-0.3, -0.25) is 4.99 Å². The van der Waals surface area contributed by atoms with E-state index in [4.69, 9.17) is 23.2 Å². The predicted octanol–water partition coefficient (Wildman–Crippen LogP) is 5.11. The van der Waals surface area contributed by atoms with Crippen molar-refractivity contribution in [3.8, 4) is 11.5 Å². The Hall–Kier alpha value is -1.71. The van der Waals surface area contributed by atoms with E-state index in [1.807, 2.05) is 12.1 Å². The quantitative estimate of drug-likeness (QED) is 0.768. The molecule has 0 spiro atoms. The van der Waals surface area contributed by atoms with Gasteiger partial charge in [0.25, 0.3) is 0 Å². The maximum atomic E-state index is 9.86. The van der Waals surface area contributed by atoms with E-state index >= 15 is 0 Å². The smallest absolute Gasteiger partial charge is 0.143 e. The first-order valence-corrected chi connectivity index (χ1v) is 7.30. The van der Waals surface area contributed by atoms with Gasteiger partial charge in [0.05, 0.1) is 5.02 Å². The highest BCUT2D eigenvalue weighted by molar-refractivity contribution is 6.36. The standard InChI is InChI=1S/C16H15Cl2NO2/c1-2-3-10-4-5-15(20)14(6-10)19-9-11-7-12(17)8-13(18)16(11)21/h4-9,20-21H,2-3H2,1H3/b19-9+. The summed E-state index contributed by atoms with van der Waals surface area (Å²) >= 11 is 11.7. The zero-order valence-corrected chi connectivity index (χ0v) is 13.0. The molecular formula is C16H15Cl2NO2. The van der Waals surface area contributed by atoms with Crippen molar-refractivity contribution in [1.82, 2.24) is 0 Å². The van der Waals surface area contributed by atoms with E-state index in [0.717, 1.165) is 18.4 Å². The van der Waals surface area contributed by atoms with E-state index in [0.29, 0.717) is 16.3 Å². The Bertz CT molecular complexity index is 684. The molecule has 110 valence electrons. The SMILES string of the molecule is CCCc1ccc(O)c(/N=C/c2cc(Cl)cc(Cl)c2O)c1. The molecule has 3 nitrogen and oxygen atoms in total. The number of hydrogen-bond acceptors (Lipinski definition) is 3. The van der Waals surface area contributed by atoms with E-state index in [1.54, 1.807) is 12.1 Å². The molecule has 0 bridgehead atoms. The van der Waals surface area contributed by atoms with Gasteiger partial charge in [-0.1, -0.05) is 42.6 Å². The molecule has 2 aromatic rings. The van der Waals surface area contributed by atoms with Gasteiger partial charge in [-0.25, -0.2) is 0 Å². The monoisotopic (exact) mass is 323 g/mol. The van der Waals surface area contributed by atoms with Crippen LogP contribution >= 0.6 is 23.2 Å². The van der Waals surface area contributed by atoms with E-state index < -0.39 is 0 Å². The predicted molar refractivity (Wildman–Crippen MR) is 87.5 cm³/mol. The van der Waals surface area contributed by atoms with Crippen LogP contribution < -0.4 is 0 Å². The van der Waals surface area contributed by atoms with E-state index in [1.165, 1.54) is 12.3 Å². The van der Waals surface area contributed by atoms with Crippen molar-refractivity contribution in [2.24, 2.45) is 4.99 Å². The highest BCUT2D eigenvalue weighted by atomic mass is 35.5. The number of nitrogens with zero attached hydrogens (tertiary/aromatic N) is 1. The van der Waals surface area contributed by atoms with Gasteiger partial charge < -0.3 is 10.2 Å². The molecule has 0 fully saturated rings. The summed E-state index contributed by atoms with van der Waals surface area (Å²) in [4.78, 5) is 4.21. The summed E-state index contributed by atoms with van der Waals surface area (Å²) in [6.45, 7) is 2.09. The molecule has 0 aromatic heterocycles. The molecule has 21 heavy (non-hydrogen) atoms. The molecule has 0 radical (unpaired) electrons. The minimum Gasteiger partial charge on any atom is -0.506 e. The van der Waals surface area contributed by atoms with Crippen LogP contribution in [0.25, 0.3) is 0 Å². The Morgan fingerprint density at radius 2 is 1.90 bits per heavy atom. The van der Waals surface area contributed by atoms with Crippen molar-refractivity contribution in [1.29, 1.82) is 0 Å². The average molecular weight is 324 g/mol. The summed E-state index contributed by atoms with van der Waals surface area (Å²) in [5.74, 6) is -0.00672. The van der Waals surface area contributed by atoms with Crippen LogP contribution in [0.2, 0.25) is 10.0 Å².